The third kappa shape index (κ3) is 2.26. The lowest BCUT2D eigenvalue weighted by molar-refractivity contribution is 0.0425. The van der Waals surface area contributed by atoms with Crippen LogP contribution in [0.4, 0.5) is 0 Å². The number of ether oxygens (including phenoxy) is 1. The van der Waals surface area contributed by atoms with Crippen molar-refractivity contribution in [1.82, 2.24) is 20.3 Å². The first-order chi connectivity index (χ1) is 10.3. The van der Waals surface area contributed by atoms with Gasteiger partial charge < -0.3 is 9.26 Å². The summed E-state index contributed by atoms with van der Waals surface area (Å²) in [6.07, 6.45) is 2.19. The van der Waals surface area contributed by atoms with Gasteiger partial charge in [-0.1, -0.05) is 23.4 Å². The zero-order valence-electron chi connectivity index (χ0n) is 11.1. The Balaban J connectivity index is 1.47. The fourth-order valence-electron chi connectivity index (χ4n) is 2.15. The number of esters is 1. The Morgan fingerprint density at radius 2 is 2.24 bits per heavy atom. The number of fused-ring (bicyclic) bond motifs is 1. The number of carbonyl (C=O) groups excluding carboxylic acids is 1. The van der Waals surface area contributed by atoms with Crippen LogP contribution >= 0.6 is 0 Å². The van der Waals surface area contributed by atoms with Crippen LogP contribution in [0.25, 0.3) is 10.9 Å². The molecule has 0 bridgehead atoms. The maximum atomic E-state index is 12.1. The molecular formula is C14H12N4O3. The number of aromatic amines is 1. The third-order valence-electron chi connectivity index (χ3n) is 3.42. The minimum atomic E-state index is -0.515. The van der Waals surface area contributed by atoms with Gasteiger partial charge in [0.1, 0.15) is 0 Å². The van der Waals surface area contributed by atoms with Crippen LogP contribution in [0.1, 0.15) is 41.0 Å². The fourth-order valence-corrected chi connectivity index (χ4v) is 2.15. The van der Waals surface area contributed by atoms with Gasteiger partial charge in [-0.25, -0.2) is 4.79 Å². The van der Waals surface area contributed by atoms with E-state index in [1.54, 1.807) is 0 Å². The molecule has 2 aromatic heterocycles. The van der Waals surface area contributed by atoms with Gasteiger partial charge in [-0.15, -0.1) is 0 Å². The van der Waals surface area contributed by atoms with E-state index >= 15 is 0 Å². The molecule has 1 aromatic carbocycles. The van der Waals surface area contributed by atoms with Gasteiger partial charge in [0.05, 0.1) is 5.52 Å². The Morgan fingerprint density at radius 3 is 3.10 bits per heavy atom. The number of rotatable bonds is 4. The molecule has 1 aliphatic carbocycles. The van der Waals surface area contributed by atoms with E-state index in [2.05, 4.69) is 20.3 Å². The average molecular weight is 284 g/mol. The molecule has 0 radical (unpaired) electrons. The molecule has 1 aliphatic rings. The highest BCUT2D eigenvalue weighted by Crippen LogP contribution is 2.38. The van der Waals surface area contributed by atoms with E-state index in [1.807, 2.05) is 24.3 Å². The standard InChI is InChI=1S/C14H12N4O3/c19-14(12-9-3-1-2-4-10(9)16-17-12)20-7-11-15-13(18-21-11)8-5-6-8/h1-4,8H,5-7H2,(H,16,17). The lowest BCUT2D eigenvalue weighted by Gasteiger charge is -1.98. The predicted molar refractivity (Wildman–Crippen MR) is 71.5 cm³/mol. The molecule has 1 saturated carbocycles. The van der Waals surface area contributed by atoms with Crippen LogP contribution in [0.2, 0.25) is 0 Å². The molecule has 0 unspecified atom stereocenters. The van der Waals surface area contributed by atoms with Crippen LogP contribution in [0.3, 0.4) is 0 Å². The zero-order valence-corrected chi connectivity index (χ0v) is 11.1. The van der Waals surface area contributed by atoms with E-state index in [9.17, 15) is 4.79 Å². The maximum absolute atomic E-state index is 12.1. The number of para-hydroxylation sites is 1. The van der Waals surface area contributed by atoms with Gasteiger partial charge in [0.25, 0.3) is 5.89 Å². The van der Waals surface area contributed by atoms with Crippen LogP contribution in [-0.2, 0) is 11.3 Å². The van der Waals surface area contributed by atoms with Crippen molar-refractivity contribution in [2.75, 3.05) is 0 Å². The van der Waals surface area contributed by atoms with E-state index in [0.29, 0.717) is 17.6 Å². The van der Waals surface area contributed by atoms with Gasteiger partial charge in [0.15, 0.2) is 18.1 Å². The van der Waals surface area contributed by atoms with Crippen molar-refractivity contribution in [3.05, 3.63) is 41.7 Å². The number of carbonyl (C=O) groups is 1. The quantitative estimate of drug-likeness (QED) is 0.738. The summed E-state index contributed by atoms with van der Waals surface area (Å²) in [7, 11) is 0. The Labute approximate surface area is 119 Å². The summed E-state index contributed by atoms with van der Waals surface area (Å²) in [6, 6.07) is 7.37. The van der Waals surface area contributed by atoms with Gasteiger partial charge in [0.2, 0.25) is 0 Å². The summed E-state index contributed by atoms with van der Waals surface area (Å²) in [5.74, 6) is 0.906. The van der Waals surface area contributed by atoms with Crippen LogP contribution in [0, 0.1) is 0 Å². The molecule has 4 rings (SSSR count). The first-order valence-corrected chi connectivity index (χ1v) is 6.74. The number of hydrogen-bond acceptors (Lipinski definition) is 6. The van der Waals surface area contributed by atoms with Crippen molar-refractivity contribution in [2.24, 2.45) is 0 Å². The van der Waals surface area contributed by atoms with E-state index in [4.69, 9.17) is 9.26 Å². The Kier molecular flexibility index (Phi) is 2.70. The average Bonchev–Trinajstić information content (AvgIpc) is 3.10. The molecule has 0 atom stereocenters. The highest BCUT2D eigenvalue weighted by Gasteiger charge is 2.29. The second-order valence-corrected chi connectivity index (χ2v) is 5.01. The fraction of sp³-hybridized carbons (Fsp3) is 0.286. The summed E-state index contributed by atoms with van der Waals surface area (Å²) in [5, 5.41) is 11.4. The van der Waals surface area contributed by atoms with Gasteiger partial charge in [-0.2, -0.15) is 10.1 Å². The van der Waals surface area contributed by atoms with Crippen LogP contribution in [-0.4, -0.2) is 26.3 Å². The van der Waals surface area contributed by atoms with Crippen molar-refractivity contribution >= 4 is 16.9 Å². The Morgan fingerprint density at radius 1 is 1.38 bits per heavy atom. The maximum Gasteiger partial charge on any atom is 0.359 e. The zero-order chi connectivity index (χ0) is 14.2. The second-order valence-electron chi connectivity index (χ2n) is 5.01. The van der Waals surface area contributed by atoms with E-state index in [0.717, 1.165) is 23.7 Å². The van der Waals surface area contributed by atoms with Crippen molar-refractivity contribution < 1.29 is 14.1 Å². The monoisotopic (exact) mass is 284 g/mol. The van der Waals surface area contributed by atoms with Gasteiger partial charge in [-0.3, -0.25) is 5.10 Å². The number of H-pyrrole nitrogens is 1. The molecule has 0 spiro atoms. The van der Waals surface area contributed by atoms with Crippen LogP contribution in [0.5, 0.6) is 0 Å². The summed E-state index contributed by atoms with van der Waals surface area (Å²) in [5.41, 5.74) is 1.05. The van der Waals surface area contributed by atoms with Gasteiger partial charge >= 0.3 is 5.97 Å². The van der Waals surface area contributed by atoms with Gasteiger partial charge in [0, 0.05) is 11.3 Å². The highest BCUT2D eigenvalue weighted by molar-refractivity contribution is 6.01. The molecule has 1 N–H and O–H groups in total. The summed E-state index contributed by atoms with van der Waals surface area (Å²) in [6.45, 7) is -0.0419. The van der Waals surface area contributed by atoms with E-state index in [-0.39, 0.29) is 12.3 Å². The molecule has 1 fully saturated rings. The molecule has 2 heterocycles. The van der Waals surface area contributed by atoms with Crippen molar-refractivity contribution in [3.63, 3.8) is 0 Å². The van der Waals surface area contributed by atoms with Crippen LogP contribution in [0.15, 0.2) is 28.8 Å². The third-order valence-corrected chi connectivity index (χ3v) is 3.42. The number of benzene rings is 1. The molecule has 0 aliphatic heterocycles. The number of nitrogens with zero attached hydrogens (tertiary/aromatic N) is 3. The number of nitrogens with one attached hydrogen (secondary N) is 1. The summed E-state index contributed by atoms with van der Waals surface area (Å²) < 4.78 is 10.2. The normalized spacial score (nSPS) is 14.5. The van der Waals surface area contributed by atoms with Crippen molar-refractivity contribution in [2.45, 2.75) is 25.4 Å². The van der Waals surface area contributed by atoms with Crippen molar-refractivity contribution in [1.29, 1.82) is 0 Å². The number of hydrogen-bond donors (Lipinski definition) is 1. The second kappa shape index (κ2) is 4.69. The summed E-state index contributed by atoms with van der Waals surface area (Å²) in [4.78, 5) is 16.3. The van der Waals surface area contributed by atoms with Crippen molar-refractivity contribution in [3.8, 4) is 0 Å². The van der Waals surface area contributed by atoms with E-state index < -0.39 is 5.97 Å². The molecule has 7 heteroatoms. The molecule has 0 amide bonds. The lowest BCUT2D eigenvalue weighted by Crippen LogP contribution is -2.06. The largest absolute Gasteiger partial charge is 0.451 e. The predicted octanol–water partition coefficient (Wildman–Crippen LogP) is 2.18. The minimum absolute atomic E-state index is 0.0419. The van der Waals surface area contributed by atoms with Crippen LogP contribution < -0.4 is 0 Å². The molecule has 3 aromatic rings. The first-order valence-electron chi connectivity index (χ1n) is 6.74. The molecule has 7 nitrogen and oxygen atoms in total. The lowest BCUT2D eigenvalue weighted by atomic mass is 10.2. The topological polar surface area (TPSA) is 93.9 Å². The molecular weight excluding hydrogens is 272 g/mol. The Bertz CT molecular complexity index is 803. The minimum Gasteiger partial charge on any atom is -0.451 e. The number of aromatic nitrogens is 4. The first kappa shape index (κ1) is 12.1. The molecule has 106 valence electrons. The molecule has 0 saturated heterocycles. The van der Waals surface area contributed by atoms with E-state index in [1.165, 1.54) is 0 Å². The SMILES string of the molecule is O=C(OCc1nc(C2CC2)no1)c1n[nH]c2ccccc12. The smallest absolute Gasteiger partial charge is 0.359 e. The summed E-state index contributed by atoms with van der Waals surface area (Å²) >= 11 is 0. The van der Waals surface area contributed by atoms with Gasteiger partial charge in [-0.05, 0) is 18.9 Å². The Hall–Kier alpha value is -2.70. The highest BCUT2D eigenvalue weighted by atomic mass is 16.6. The molecule has 21 heavy (non-hydrogen) atoms.